The monoisotopic (exact) mass is 396 g/mol. The van der Waals surface area contributed by atoms with Crippen LogP contribution in [-0.4, -0.2) is 20.3 Å². The van der Waals surface area contributed by atoms with Crippen LogP contribution in [0.5, 0.6) is 0 Å². The van der Waals surface area contributed by atoms with Crippen molar-refractivity contribution in [3.05, 3.63) is 54.3 Å². The molecule has 0 atom stereocenters. The molecule has 0 amide bonds. The third kappa shape index (κ3) is 7.28. The van der Waals surface area contributed by atoms with E-state index in [-0.39, 0.29) is 12.9 Å². The van der Waals surface area contributed by atoms with Gasteiger partial charge in [0.15, 0.2) is 0 Å². The van der Waals surface area contributed by atoms with Crippen LogP contribution >= 0.6 is 0 Å². The number of halogens is 1. The van der Waals surface area contributed by atoms with E-state index in [1.165, 1.54) is 69.9 Å². The lowest BCUT2D eigenvalue weighted by Crippen LogP contribution is -2.44. The second-order valence-corrected chi connectivity index (χ2v) is 8.26. The Labute approximate surface area is 176 Å². The van der Waals surface area contributed by atoms with Gasteiger partial charge in [-0.2, -0.15) is 0 Å². The first-order valence-corrected chi connectivity index (χ1v) is 11.4. The molecule has 2 nitrogen and oxygen atoms in total. The summed E-state index contributed by atoms with van der Waals surface area (Å²) in [6, 6.07) is 14.8. The summed E-state index contributed by atoms with van der Waals surface area (Å²) >= 11 is 0. The Morgan fingerprint density at radius 3 is 1.86 bits per heavy atom. The highest BCUT2D eigenvalue weighted by molar-refractivity contribution is 6.61. The molecular weight excluding hydrogens is 362 g/mol. The highest BCUT2D eigenvalue weighted by atomic mass is 19.1. The van der Waals surface area contributed by atoms with E-state index in [2.05, 4.69) is 6.92 Å². The summed E-state index contributed by atoms with van der Waals surface area (Å²) in [6.45, 7) is 3.82. The first-order valence-electron chi connectivity index (χ1n) is 11.4. The Kier molecular flexibility index (Phi) is 9.23. The first kappa shape index (κ1) is 22.0. The second-order valence-electron chi connectivity index (χ2n) is 8.26. The zero-order valence-electron chi connectivity index (χ0n) is 17.7. The molecule has 2 aromatic carbocycles. The molecule has 0 bridgehead atoms. The van der Waals surface area contributed by atoms with Gasteiger partial charge < -0.3 is 9.31 Å². The van der Waals surface area contributed by atoms with Crippen molar-refractivity contribution in [2.75, 3.05) is 13.2 Å². The lowest BCUT2D eigenvalue weighted by molar-refractivity contribution is 0.0810. The van der Waals surface area contributed by atoms with Crippen molar-refractivity contribution < 1.29 is 13.7 Å². The van der Waals surface area contributed by atoms with Gasteiger partial charge in [-0.3, -0.25) is 0 Å². The van der Waals surface area contributed by atoms with Crippen LogP contribution in [0, 0.1) is 11.7 Å². The van der Waals surface area contributed by atoms with Gasteiger partial charge in [0.05, 0.1) is 0 Å². The number of benzene rings is 2. The minimum atomic E-state index is -0.271. The van der Waals surface area contributed by atoms with Gasteiger partial charge in [-0.15, -0.1) is 0 Å². The molecule has 4 heteroatoms. The van der Waals surface area contributed by atoms with Gasteiger partial charge in [0.25, 0.3) is 0 Å². The molecule has 29 heavy (non-hydrogen) atoms. The minimum Gasteiger partial charge on any atom is -0.407 e. The SMILES string of the molecule is CCCCCCCCCCC1COB(c2ccc(-c3ccc(F)cc3)cc2)OC1. The van der Waals surface area contributed by atoms with E-state index in [0.29, 0.717) is 5.92 Å². The summed E-state index contributed by atoms with van der Waals surface area (Å²) in [5.74, 6) is 0.306. The molecule has 2 aromatic rings. The van der Waals surface area contributed by atoms with Crippen LogP contribution in [0.15, 0.2) is 48.5 Å². The molecule has 0 radical (unpaired) electrons. The first-order chi connectivity index (χ1) is 14.3. The third-order valence-electron chi connectivity index (χ3n) is 5.79. The summed E-state index contributed by atoms with van der Waals surface area (Å²) in [5.41, 5.74) is 3.12. The molecule has 3 rings (SSSR count). The zero-order valence-corrected chi connectivity index (χ0v) is 17.7. The Balaban J connectivity index is 1.34. The van der Waals surface area contributed by atoms with Crippen LogP contribution in [-0.2, 0) is 9.31 Å². The number of rotatable bonds is 11. The fourth-order valence-electron chi connectivity index (χ4n) is 3.94. The van der Waals surface area contributed by atoms with E-state index in [4.69, 9.17) is 9.31 Å². The molecular formula is C25H34BFO2. The fraction of sp³-hybridized carbons (Fsp3) is 0.520. The highest BCUT2D eigenvalue weighted by Crippen LogP contribution is 2.20. The maximum Gasteiger partial charge on any atom is 0.493 e. The van der Waals surface area contributed by atoms with Gasteiger partial charge in [0.1, 0.15) is 5.82 Å². The molecule has 0 spiro atoms. The fourth-order valence-corrected chi connectivity index (χ4v) is 3.94. The van der Waals surface area contributed by atoms with Crippen LogP contribution in [0.2, 0.25) is 0 Å². The summed E-state index contributed by atoms with van der Waals surface area (Å²) < 4.78 is 25.1. The van der Waals surface area contributed by atoms with Crippen molar-refractivity contribution in [3.63, 3.8) is 0 Å². The van der Waals surface area contributed by atoms with Crippen molar-refractivity contribution in [1.29, 1.82) is 0 Å². The average Bonchev–Trinajstić information content (AvgIpc) is 2.77. The minimum absolute atomic E-state index is 0.212. The van der Waals surface area contributed by atoms with E-state index in [9.17, 15) is 4.39 Å². The number of unbranched alkanes of at least 4 members (excludes halogenated alkanes) is 7. The van der Waals surface area contributed by atoms with Gasteiger partial charge >= 0.3 is 7.12 Å². The number of hydrogen-bond acceptors (Lipinski definition) is 2. The van der Waals surface area contributed by atoms with Crippen molar-refractivity contribution in [3.8, 4) is 11.1 Å². The molecule has 156 valence electrons. The molecule has 1 aliphatic rings. The van der Waals surface area contributed by atoms with Crippen LogP contribution in [0.3, 0.4) is 0 Å². The van der Waals surface area contributed by atoms with E-state index in [0.717, 1.165) is 29.8 Å². The van der Waals surface area contributed by atoms with Crippen LogP contribution in [0.25, 0.3) is 11.1 Å². The van der Waals surface area contributed by atoms with E-state index in [1.54, 1.807) is 12.1 Å². The van der Waals surface area contributed by atoms with Crippen molar-refractivity contribution in [1.82, 2.24) is 0 Å². The molecule has 1 saturated heterocycles. The van der Waals surface area contributed by atoms with Crippen LogP contribution < -0.4 is 5.46 Å². The van der Waals surface area contributed by atoms with Gasteiger partial charge in [0.2, 0.25) is 0 Å². The predicted molar refractivity (Wildman–Crippen MR) is 120 cm³/mol. The largest absolute Gasteiger partial charge is 0.493 e. The molecule has 0 unspecified atom stereocenters. The molecule has 0 aliphatic carbocycles. The number of hydrogen-bond donors (Lipinski definition) is 0. The topological polar surface area (TPSA) is 18.5 Å². The summed E-state index contributed by atoms with van der Waals surface area (Å²) in [4.78, 5) is 0. The lowest BCUT2D eigenvalue weighted by Gasteiger charge is -2.27. The summed E-state index contributed by atoms with van der Waals surface area (Å²) in [5, 5.41) is 0. The summed E-state index contributed by atoms with van der Waals surface area (Å²) in [7, 11) is -0.271. The quantitative estimate of drug-likeness (QED) is 0.324. The lowest BCUT2D eigenvalue weighted by atomic mass is 9.76. The van der Waals surface area contributed by atoms with Crippen LogP contribution in [0.4, 0.5) is 4.39 Å². The standard InChI is InChI=1S/C25H34BFO2/c1-2-3-4-5-6-7-8-9-10-21-19-28-26(29-20-21)24-15-11-22(12-16-24)23-13-17-25(27)18-14-23/h11-18,21H,2-10,19-20H2,1H3. The Morgan fingerprint density at radius 2 is 1.28 bits per heavy atom. The van der Waals surface area contributed by atoms with Gasteiger partial charge in [-0.1, -0.05) is 94.7 Å². The van der Waals surface area contributed by atoms with Gasteiger partial charge in [-0.25, -0.2) is 4.39 Å². The molecule has 1 fully saturated rings. The van der Waals surface area contributed by atoms with E-state index in [1.807, 2.05) is 24.3 Å². The van der Waals surface area contributed by atoms with Crippen LogP contribution in [0.1, 0.15) is 64.7 Å². The molecule has 0 saturated carbocycles. The average molecular weight is 396 g/mol. The van der Waals surface area contributed by atoms with E-state index >= 15 is 0 Å². The zero-order chi connectivity index (χ0) is 20.3. The third-order valence-corrected chi connectivity index (χ3v) is 5.79. The highest BCUT2D eigenvalue weighted by Gasteiger charge is 2.28. The Bertz CT molecular complexity index is 694. The predicted octanol–water partition coefficient (Wildman–Crippen LogP) is 6.38. The van der Waals surface area contributed by atoms with Crippen molar-refractivity contribution >= 4 is 12.6 Å². The Morgan fingerprint density at radius 1 is 0.759 bits per heavy atom. The molecule has 0 N–H and O–H groups in total. The Hall–Kier alpha value is -1.65. The maximum absolute atomic E-state index is 13.1. The second kappa shape index (κ2) is 12.1. The molecule has 0 aromatic heterocycles. The smallest absolute Gasteiger partial charge is 0.407 e. The van der Waals surface area contributed by atoms with Crippen molar-refractivity contribution in [2.45, 2.75) is 64.7 Å². The van der Waals surface area contributed by atoms with E-state index < -0.39 is 0 Å². The molecule has 1 aliphatic heterocycles. The molecule has 1 heterocycles. The normalized spacial score (nSPS) is 15.0. The maximum atomic E-state index is 13.1. The summed E-state index contributed by atoms with van der Waals surface area (Å²) in [6.07, 6.45) is 12.0. The van der Waals surface area contributed by atoms with Gasteiger partial charge in [-0.05, 0) is 35.1 Å². The van der Waals surface area contributed by atoms with Gasteiger partial charge in [0, 0.05) is 19.1 Å². The van der Waals surface area contributed by atoms with Crippen molar-refractivity contribution in [2.24, 2.45) is 5.92 Å².